The predicted molar refractivity (Wildman–Crippen MR) is 116 cm³/mol. The normalized spacial score (nSPS) is 33.2. The van der Waals surface area contributed by atoms with Crippen LogP contribution in [-0.2, 0) is 4.79 Å². The number of Topliss-reactive ketones (excluding diaryl/α,β-unsaturated/α-hetero) is 1. The Balaban J connectivity index is 1.48. The van der Waals surface area contributed by atoms with E-state index in [1.807, 2.05) is 0 Å². The Bertz CT molecular complexity index is 680. The van der Waals surface area contributed by atoms with Crippen LogP contribution in [-0.4, -0.2) is 76.4 Å². The molecule has 0 aliphatic carbocycles. The number of rotatable bonds is 6. The largest absolute Gasteiger partial charge is 0.332 e. The SMILES string of the molecule is CCC1CC(c2cnc(N3C4CCC3CN(C)C4)nc2)CC(CC)N1CC(C)=O. The van der Waals surface area contributed by atoms with Gasteiger partial charge in [0.25, 0.3) is 0 Å². The van der Waals surface area contributed by atoms with Crippen molar-refractivity contribution in [1.82, 2.24) is 19.8 Å². The zero-order valence-electron chi connectivity index (χ0n) is 18.5. The number of piperazine rings is 1. The highest BCUT2D eigenvalue weighted by Crippen LogP contribution is 2.38. The van der Waals surface area contributed by atoms with Gasteiger partial charge in [0.05, 0.1) is 6.54 Å². The average molecular weight is 400 g/mol. The fourth-order valence-corrected chi connectivity index (χ4v) is 6.03. The minimum atomic E-state index is 0.273. The molecule has 4 rings (SSSR count). The van der Waals surface area contributed by atoms with Crippen LogP contribution in [0.3, 0.4) is 0 Å². The first-order chi connectivity index (χ1) is 14.0. The van der Waals surface area contributed by atoms with Crippen LogP contribution >= 0.6 is 0 Å². The zero-order valence-corrected chi connectivity index (χ0v) is 18.5. The number of likely N-dealkylation sites (tertiary alicyclic amines) is 2. The molecule has 4 unspecified atom stereocenters. The van der Waals surface area contributed by atoms with Gasteiger partial charge in [-0.1, -0.05) is 13.8 Å². The molecule has 4 heterocycles. The average Bonchev–Trinajstić information content (AvgIpc) is 2.98. The quantitative estimate of drug-likeness (QED) is 0.733. The number of aromatic nitrogens is 2. The summed E-state index contributed by atoms with van der Waals surface area (Å²) in [4.78, 5) is 28.8. The third-order valence-electron chi connectivity index (χ3n) is 7.42. The van der Waals surface area contributed by atoms with E-state index in [1.54, 1.807) is 6.92 Å². The van der Waals surface area contributed by atoms with Crippen LogP contribution in [0.15, 0.2) is 12.4 Å². The fraction of sp³-hybridized carbons (Fsp3) is 0.783. The second-order valence-electron chi connectivity index (χ2n) is 9.50. The predicted octanol–water partition coefficient (Wildman–Crippen LogP) is 3.09. The van der Waals surface area contributed by atoms with E-state index in [2.05, 4.69) is 48.0 Å². The molecule has 0 radical (unpaired) electrons. The number of anilines is 1. The lowest BCUT2D eigenvalue weighted by Gasteiger charge is -2.45. The van der Waals surface area contributed by atoms with E-state index >= 15 is 0 Å². The van der Waals surface area contributed by atoms with E-state index in [4.69, 9.17) is 9.97 Å². The van der Waals surface area contributed by atoms with Crippen LogP contribution in [0.25, 0.3) is 0 Å². The molecule has 6 heteroatoms. The fourth-order valence-electron chi connectivity index (χ4n) is 6.03. The second kappa shape index (κ2) is 8.68. The number of piperidine rings is 1. The van der Waals surface area contributed by atoms with Gasteiger partial charge in [0, 0.05) is 49.7 Å². The molecule has 160 valence electrons. The number of nitrogens with zero attached hydrogens (tertiary/aromatic N) is 5. The third-order valence-corrected chi connectivity index (χ3v) is 7.42. The van der Waals surface area contributed by atoms with Crippen molar-refractivity contribution in [3.63, 3.8) is 0 Å². The summed E-state index contributed by atoms with van der Waals surface area (Å²) in [7, 11) is 2.22. The van der Waals surface area contributed by atoms with Crippen molar-refractivity contribution >= 4 is 11.7 Å². The van der Waals surface area contributed by atoms with Crippen LogP contribution in [0.2, 0.25) is 0 Å². The van der Waals surface area contributed by atoms with E-state index in [-0.39, 0.29) is 5.78 Å². The topological polar surface area (TPSA) is 52.6 Å². The van der Waals surface area contributed by atoms with Crippen LogP contribution in [0.1, 0.15) is 70.8 Å². The molecule has 0 N–H and O–H groups in total. The summed E-state index contributed by atoms with van der Waals surface area (Å²) < 4.78 is 0. The Kier molecular flexibility index (Phi) is 6.21. The van der Waals surface area contributed by atoms with Crippen molar-refractivity contribution in [1.29, 1.82) is 0 Å². The van der Waals surface area contributed by atoms with Crippen molar-refractivity contribution < 1.29 is 4.79 Å². The summed E-state index contributed by atoms with van der Waals surface area (Å²) in [6.45, 7) is 9.03. The first-order valence-corrected chi connectivity index (χ1v) is 11.5. The molecule has 3 saturated heterocycles. The maximum atomic E-state index is 11.8. The number of likely N-dealkylation sites (N-methyl/N-ethyl adjacent to an activating group) is 1. The van der Waals surface area contributed by atoms with Gasteiger partial charge in [-0.05, 0) is 64.0 Å². The molecule has 0 aromatic carbocycles. The van der Waals surface area contributed by atoms with E-state index < -0.39 is 0 Å². The molecule has 1 aromatic rings. The molecule has 0 spiro atoms. The number of carbonyl (C=O) groups is 1. The molecule has 6 nitrogen and oxygen atoms in total. The molecule has 1 aromatic heterocycles. The Hall–Kier alpha value is -1.53. The molecule has 2 bridgehead atoms. The van der Waals surface area contributed by atoms with Crippen LogP contribution in [0.5, 0.6) is 0 Å². The molecule has 29 heavy (non-hydrogen) atoms. The number of ketones is 1. The van der Waals surface area contributed by atoms with Gasteiger partial charge in [0.2, 0.25) is 5.95 Å². The van der Waals surface area contributed by atoms with Gasteiger partial charge in [-0.15, -0.1) is 0 Å². The zero-order chi connectivity index (χ0) is 20.5. The second-order valence-corrected chi connectivity index (χ2v) is 9.50. The molecular formula is C23H37N5O. The first kappa shape index (κ1) is 20.7. The smallest absolute Gasteiger partial charge is 0.225 e. The Morgan fingerprint density at radius 1 is 1.03 bits per heavy atom. The minimum absolute atomic E-state index is 0.273. The van der Waals surface area contributed by atoms with E-state index in [0.717, 1.165) is 44.7 Å². The highest BCUT2D eigenvalue weighted by molar-refractivity contribution is 5.77. The molecule has 3 fully saturated rings. The van der Waals surface area contributed by atoms with Gasteiger partial charge in [0.1, 0.15) is 5.78 Å². The Morgan fingerprint density at radius 3 is 2.07 bits per heavy atom. The standard InChI is InChI=1S/C23H37N5O/c1-5-19-9-17(10-20(6-2)27(19)13-16(3)29)18-11-24-23(25-12-18)28-21-7-8-22(28)15-26(4)14-21/h11-12,17,19-22H,5-10,13-15H2,1-4H3. The van der Waals surface area contributed by atoms with Crippen molar-refractivity contribution in [3.8, 4) is 0 Å². The Morgan fingerprint density at radius 2 is 1.59 bits per heavy atom. The lowest BCUT2D eigenvalue weighted by atomic mass is 9.80. The van der Waals surface area contributed by atoms with E-state index in [0.29, 0.717) is 36.6 Å². The molecule has 0 amide bonds. The van der Waals surface area contributed by atoms with Gasteiger partial charge < -0.3 is 9.80 Å². The Labute approximate surface area is 175 Å². The maximum Gasteiger partial charge on any atom is 0.225 e. The van der Waals surface area contributed by atoms with Crippen molar-refractivity contribution in [2.45, 2.75) is 89.4 Å². The van der Waals surface area contributed by atoms with Crippen molar-refractivity contribution in [3.05, 3.63) is 18.0 Å². The molecule has 3 aliphatic rings. The van der Waals surface area contributed by atoms with Gasteiger partial charge in [-0.25, -0.2) is 9.97 Å². The van der Waals surface area contributed by atoms with Crippen molar-refractivity contribution in [2.24, 2.45) is 0 Å². The monoisotopic (exact) mass is 399 g/mol. The minimum Gasteiger partial charge on any atom is -0.332 e. The third kappa shape index (κ3) is 4.19. The summed E-state index contributed by atoms with van der Waals surface area (Å²) in [5.74, 6) is 1.68. The van der Waals surface area contributed by atoms with E-state index in [9.17, 15) is 4.79 Å². The van der Waals surface area contributed by atoms with Crippen molar-refractivity contribution in [2.75, 3.05) is 31.6 Å². The van der Waals surface area contributed by atoms with Crippen LogP contribution in [0, 0.1) is 0 Å². The number of fused-ring (bicyclic) bond motifs is 2. The first-order valence-electron chi connectivity index (χ1n) is 11.5. The van der Waals surface area contributed by atoms with Crippen LogP contribution < -0.4 is 4.90 Å². The number of carbonyl (C=O) groups excluding carboxylic acids is 1. The molecule has 4 atom stereocenters. The van der Waals surface area contributed by atoms with Crippen LogP contribution in [0.4, 0.5) is 5.95 Å². The summed E-state index contributed by atoms with van der Waals surface area (Å²) in [6, 6.07) is 2.06. The number of hydrogen-bond acceptors (Lipinski definition) is 6. The lowest BCUT2D eigenvalue weighted by molar-refractivity contribution is -0.120. The summed E-state index contributed by atoms with van der Waals surface area (Å²) in [5.41, 5.74) is 1.27. The van der Waals surface area contributed by atoms with Gasteiger partial charge in [-0.3, -0.25) is 9.69 Å². The van der Waals surface area contributed by atoms with E-state index in [1.165, 1.54) is 18.4 Å². The lowest BCUT2D eigenvalue weighted by Crippen LogP contribution is -2.53. The highest BCUT2D eigenvalue weighted by Gasteiger charge is 2.40. The highest BCUT2D eigenvalue weighted by atomic mass is 16.1. The van der Waals surface area contributed by atoms with Gasteiger partial charge in [0.15, 0.2) is 0 Å². The maximum absolute atomic E-state index is 11.8. The van der Waals surface area contributed by atoms with Gasteiger partial charge in [-0.2, -0.15) is 0 Å². The summed E-state index contributed by atoms with van der Waals surface area (Å²) in [6.07, 6.45) is 11.1. The molecule has 0 saturated carbocycles. The summed E-state index contributed by atoms with van der Waals surface area (Å²) in [5, 5.41) is 0. The molecule has 3 aliphatic heterocycles. The summed E-state index contributed by atoms with van der Waals surface area (Å²) >= 11 is 0. The molecular weight excluding hydrogens is 362 g/mol. The number of hydrogen-bond donors (Lipinski definition) is 0. The van der Waals surface area contributed by atoms with Gasteiger partial charge >= 0.3 is 0 Å².